The molecule has 1 aromatic carbocycles. The van der Waals surface area contributed by atoms with E-state index in [1.165, 1.54) is 4.90 Å². The number of carbonyl (C=O) groups is 3. The number of methoxy groups -OCH3 is 1. The van der Waals surface area contributed by atoms with E-state index in [4.69, 9.17) is 4.74 Å². The highest BCUT2D eigenvalue weighted by Crippen LogP contribution is 2.54. The van der Waals surface area contributed by atoms with Gasteiger partial charge >= 0.3 is 0 Å². The second-order valence-electron chi connectivity index (χ2n) is 8.05. The summed E-state index contributed by atoms with van der Waals surface area (Å²) >= 11 is 1.69. The highest BCUT2D eigenvalue weighted by Gasteiger charge is 2.70. The summed E-state index contributed by atoms with van der Waals surface area (Å²) in [4.78, 5) is 41.3. The number of fused-ring (bicyclic) bond motifs is 4. The first-order valence-electron chi connectivity index (χ1n) is 9.91. The van der Waals surface area contributed by atoms with Crippen LogP contribution in [0.3, 0.4) is 0 Å². The Bertz CT molecular complexity index is 889. The highest BCUT2D eigenvalue weighted by molar-refractivity contribution is 7.98. The lowest BCUT2D eigenvalue weighted by Gasteiger charge is -2.29. The van der Waals surface area contributed by atoms with Crippen LogP contribution in [0.5, 0.6) is 0 Å². The maximum absolute atomic E-state index is 13.4. The van der Waals surface area contributed by atoms with Gasteiger partial charge in [-0.25, -0.2) is 0 Å². The van der Waals surface area contributed by atoms with Crippen molar-refractivity contribution < 1.29 is 19.1 Å². The van der Waals surface area contributed by atoms with Gasteiger partial charge in [0.2, 0.25) is 17.7 Å². The van der Waals surface area contributed by atoms with Gasteiger partial charge in [-0.3, -0.25) is 24.6 Å². The number of nitrogens with zero attached hydrogens (tertiary/aromatic N) is 1. The fourth-order valence-electron chi connectivity index (χ4n) is 5.08. The number of nitrogens with one attached hydrogen (secondary N) is 2. The molecule has 2 N–H and O–H groups in total. The smallest absolute Gasteiger partial charge is 0.250 e. The lowest BCUT2D eigenvalue weighted by Crippen LogP contribution is -2.53. The van der Waals surface area contributed by atoms with Crippen molar-refractivity contribution in [2.45, 2.75) is 31.8 Å². The standard InChI is InChI=1S/C21H27N3O4S/c1-11-5-6-13-17(12(11)2)22-20(27)21(13)16-15(14(23-21)7-10-29-4)18(25)24(19(16)26)8-9-28-3/h5-6,14-16,23H,7-10H2,1-4H3,(H,22,27)/t14-,15-,16+,21+/m1/s1. The van der Waals surface area contributed by atoms with Crippen LogP contribution in [0, 0.1) is 25.7 Å². The Hall–Kier alpha value is -1.90. The molecule has 29 heavy (non-hydrogen) atoms. The summed E-state index contributed by atoms with van der Waals surface area (Å²) in [5, 5.41) is 6.48. The quantitative estimate of drug-likeness (QED) is 0.681. The van der Waals surface area contributed by atoms with E-state index in [1.54, 1.807) is 18.9 Å². The summed E-state index contributed by atoms with van der Waals surface area (Å²) in [5.74, 6) is -1.14. The number of imide groups is 1. The lowest BCUT2D eigenvalue weighted by molar-refractivity contribution is -0.143. The minimum absolute atomic E-state index is 0.197. The molecule has 4 atom stereocenters. The number of hydrogen-bond donors (Lipinski definition) is 2. The second kappa shape index (κ2) is 7.41. The number of rotatable bonds is 6. The number of benzene rings is 1. The van der Waals surface area contributed by atoms with Gasteiger partial charge in [-0.2, -0.15) is 11.8 Å². The van der Waals surface area contributed by atoms with Crippen LogP contribution in [-0.2, 0) is 24.7 Å². The number of likely N-dealkylation sites (tertiary alicyclic amines) is 1. The molecule has 1 spiro atoms. The van der Waals surface area contributed by atoms with Crippen molar-refractivity contribution in [2.75, 3.05) is 37.6 Å². The predicted octanol–water partition coefficient (Wildman–Crippen LogP) is 1.42. The van der Waals surface area contributed by atoms with Crippen molar-refractivity contribution >= 4 is 35.2 Å². The molecular weight excluding hydrogens is 390 g/mol. The minimum atomic E-state index is -1.20. The summed E-state index contributed by atoms with van der Waals surface area (Å²) in [6, 6.07) is 3.67. The van der Waals surface area contributed by atoms with Gasteiger partial charge in [-0.1, -0.05) is 12.1 Å². The van der Waals surface area contributed by atoms with E-state index in [2.05, 4.69) is 10.6 Å². The SMILES string of the molecule is COCCN1C(=O)[C@H]2[C@@H](C1=O)[C@]1(N[C@@H]2CCSC)C(=O)Nc2c1ccc(C)c2C. The molecule has 0 radical (unpaired) electrons. The molecule has 0 aromatic heterocycles. The maximum atomic E-state index is 13.4. The van der Waals surface area contributed by atoms with Crippen LogP contribution in [-0.4, -0.2) is 60.9 Å². The summed E-state index contributed by atoms with van der Waals surface area (Å²) in [6.45, 7) is 4.47. The number of thioether (sulfide) groups is 1. The lowest BCUT2D eigenvalue weighted by atomic mass is 9.76. The van der Waals surface area contributed by atoms with E-state index < -0.39 is 17.4 Å². The van der Waals surface area contributed by atoms with E-state index in [-0.39, 0.29) is 36.9 Å². The van der Waals surface area contributed by atoms with Gasteiger partial charge < -0.3 is 10.1 Å². The molecule has 0 aliphatic carbocycles. The summed E-state index contributed by atoms with van der Waals surface area (Å²) in [7, 11) is 1.54. The molecule has 3 aliphatic heterocycles. The Kier molecular flexibility index (Phi) is 5.21. The Morgan fingerprint density at radius 2 is 1.97 bits per heavy atom. The van der Waals surface area contributed by atoms with Gasteiger partial charge in [-0.15, -0.1) is 0 Å². The monoisotopic (exact) mass is 417 g/mol. The van der Waals surface area contributed by atoms with Crippen LogP contribution < -0.4 is 10.6 Å². The maximum Gasteiger partial charge on any atom is 0.250 e. The van der Waals surface area contributed by atoms with Crippen LogP contribution in [0.2, 0.25) is 0 Å². The molecule has 0 saturated carbocycles. The Morgan fingerprint density at radius 3 is 2.66 bits per heavy atom. The fourth-order valence-corrected chi connectivity index (χ4v) is 5.56. The van der Waals surface area contributed by atoms with Gasteiger partial charge in [-0.05, 0) is 43.4 Å². The van der Waals surface area contributed by atoms with E-state index in [9.17, 15) is 14.4 Å². The molecule has 7 nitrogen and oxygen atoms in total. The summed E-state index contributed by atoms with van der Waals surface area (Å²) < 4.78 is 5.09. The molecule has 0 bridgehead atoms. The molecule has 156 valence electrons. The third kappa shape index (κ3) is 2.76. The first-order chi connectivity index (χ1) is 13.9. The van der Waals surface area contributed by atoms with Gasteiger partial charge in [0.1, 0.15) is 5.54 Å². The van der Waals surface area contributed by atoms with E-state index in [0.29, 0.717) is 6.42 Å². The van der Waals surface area contributed by atoms with Crippen molar-refractivity contribution in [3.05, 3.63) is 28.8 Å². The number of carbonyl (C=O) groups excluding carboxylic acids is 3. The molecule has 2 fully saturated rings. The second-order valence-corrected chi connectivity index (χ2v) is 9.03. The summed E-state index contributed by atoms with van der Waals surface area (Å²) in [6.07, 6.45) is 2.73. The number of hydrogen-bond acceptors (Lipinski definition) is 6. The molecule has 3 aliphatic rings. The molecule has 4 rings (SSSR count). The Balaban J connectivity index is 1.83. The third-order valence-corrected chi connectivity index (χ3v) is 7.31. The van der Waals surface area contributed by atoms with Crippen LogP contribution in [0.4, 0.5) is 5.69 Å². The van der Waals surface area contributed by atoms with Crippen molar-refractivity contribution in [2.24, 2.45) is 11.8 Å². The third-order valence-electron chi connectivity index (χ3n) is 6.66. The molecule has 8 heteroatoms. The zero-order valence-electron chi connectivity index (χ0n) is 17.2. The first-order valence-corrected chi connectivity index (χ1v) is 11.3. The molecule has 2 saturated heterocycles. The largest absolute Gasteiger partial charge is 0.383 e. The van der Waals surface area contributed by atoms with Crippen LogP contribution in [0.25, 0.3) is 0 Å². The zero-order valence-corrected chi connectivity index (χ0v) is 18.0. The van der Waals surface area contributed by atoms with Crippen LogP contribution in [0.1, 0.15) is 23.1 Å². The number of aryl methyl sites for hydroxylation is 1. The van der Waals surface area contributed by atoms with E-state index in [0.717, 1.165) is 28.1 Å². The van der Waals surface area contributed by atoms with Crippen molar-refractivity contribution in [1.29, 1.82) is 0 Å². The van der Waals surface area contributed by atoms with Gasteiger partial charge in [0.25, 0.3) is 0 Å². The fraction of sp³-hybridized carbons (Fsp3) is 0.571. The van der Waals surface area contributed by atoms with E-state index >= 15 is 0 Å². The normalized spacial score (nSPS) is 30.3. The molecule has 3 amide bonds. The number of ether oxygens (including phenoxy) is 1. The minimum Gasteiger partial charge on any atom is -0.383 e. The molecular formula is C21H27N3O4S. The molecule has 3 heterocycles. The van der Waals surface area contributed by atoms with E-state index in [1.807, 2.05) is 32.2 Å². The molecule has 0 unspecified atom stereocenters. The summed E-state index contributed by atoms with van der Waals surface area (Å²) in [5.41, 5.74) is 2.41. The van der Waals surface area contributed by atoms with Crippen LogP contribution >= 0.6 is 11.8 Å². The van der Waals surface area contributed by atoms with Gasteiger partial charge in [0.15, 0.2) is 0 Å². The Morgan fingerprint density at radius 1 is 1.21 bits per heavy atom. The average molecular weight is 418 g/mol. The van der Waals surface area contributed by atoms with Crippen molar-refractivity contribution in [3.63, 3.8) is 0 Å². The topological polar surface area (TPSA) is 87.7 Å². The predicted molar refractivity (Wildman–Crippen MR) is 112 cm³/mol. The van der Waals surface area contributed by atoms with Gasteiger partial charge in [0, 0.05) is 24.4 Å². The zero-order chi connectivity index (χ0) is 20.9. The van der Waals surface area contributed by atoms with Crippen LogP contribution in [0.15, 0.2) is 12.1 Å². The van der Waals surface area contributed by atoms with Crippen molar-refractivity contribution in [3.8, 4) is 0 Å². The van der Waals surface area contributed by atoms with Gasteiger partial charge in [0.05, 0.1) is 25.0 Å². The number of anilines is 1. The first kappa shape index (κ1) is 20.4. The van der Waals surface area contributed by atoms with Crippen molar-refractivity contribution in [1.82, 2.24) is 10.2 Å². The Labute approximate surface area is 174 Å². The average Bonchev–Trinajstić information content (AvgIpc) is 3.27. The number of amides is 3. The highest BCUT2D eigenvalue weighted by atomic mass is 32.2. The molecule has 1 aromatic rings.